The van der Waals surface area contributed by atoms with Crippen molar-refractivity contribution in [2.45, 2.75) is 47.2 Å². The quantitative estimate of drug-likeness (QED) is 0.822. The highest BCUT2D eigenvalue weighted by atomic mass is 16.3. The van der Waals surface area contributed by atoms with Gasteiger partial charge in [-0.3, -0.25) is 0 Å². The van der Waals surface area contributed by atoms with Gasteiger partial charge >= 0.3 is 0 Å². The number of hydrogen-bond donors (Lipinski definition) is 2. The largest absolute Gasteiger partial charge is 0.395 e. The zero-order valence-corrected chi connectivity index (χ0v) is 11.7. The Labute approximate surface area is 105 Å². The van der Waals surface area contributed by atoms with Gasteiger partial charge in [0.1, 0.15) is 0 Å². The Morgan fingerprint density at radius 1 is 1.06 bits per heavy atom. The van der Waals surface area contributed by atoms with E-state index in [-0.39, 0.29) is 12.6 Å². The van der Waals surface area contributed by atoms with E-state index in [1.165, 1.54) is 22.3 Å². The maximum Gasteiger partial charge on any atom is 0.0587 e. The molecular weight excluding hydrogens is 210 g/mol. The SMILES string of the molecule is Cc1cc(C)c(CN[C@H](CO)C(C)C)cc1C. The lowest BCUT2D eigenvalue weighted by Gasteiger charge is -2.21. The number of nitrogens with one attached hydrogen (secondary N) is 1. The van der Waals surface area contributed by atoms with Gasteiger partial charge in [-0.05, 0) is 48.9 Å². The predicted octanol–water partition coefficient (Wildman–Crippen LogP) is 2.72. The van der Waals surface area contributed by atoms with E-state index in [0.717, 1.165) is 6.54 Å². The normalized spacial score (nSPS) is 13.1. The van der Waals surface area contributed by atoms with Crippen LogP contribution >= 0.6 is 0 Å². The van der Waals surface area contributed by atoms with E-state index in [4.69, 9.17) is 0 Å². The Morgan fingerprint density at radius 2 is 1.65 bits per heavy atom. The fourth-order valence-electron chi connectivity index (χ4n) is 1.96. The van der Waals surface area contributed by atoms with Crippen LogP contribution in [-0.4, -0.2) is 17.8 Å². The molecule has 0 bridgehead atoms. The molecule has 0 unspecified atom stereocenters. The van der Waals surface area contributed by atoms with Crippen molar-refractivity contribution >= 4 is 0 Å². The summed E-state index contributed by atoms with van der Waals surface area (Å²) in [7, 11) is 0. The average molecular weight is 235 g/mol. The highest BCUT2D eigenvalue weighted by Gasteiger charge is 2.11. The van der Waals surface area contributed by atoms with Crippen molar-refractivity contribution in [1.82, 2.24) is 5.32 Å². The topological polar surface area (TPSA) is 32.3 Å². The van der Waals surface area contributed by atoms with Gasteiger partial charge in [-0.15, -0.1) is 0 Å². The van der Waals surface area contributed by atoms with Crippen molar-refractivity contribution in [1.29, 1.82) is 0 Å². The molecule has 1 atom stereocenters. The summed E-state index contributed by atoms with van der Waals surface area (Å²) in [6.45, 7) is 11.7. The standard InChI is InChI=1S/C15H25NO/c1-10(2)15(9-17)16-8-14-7-12(4)11(3)6-13(14)5/h6-7,10,15-17H,8-9H2,1-5H3/t15-/m1/s1. The molecule has 2 N–H and O–H groups in total. The van der Waals surface area contributed by atoms with Crippen LogP contribution in [0, 0.1) is 26.7 Å². The van der Waals surface area contributed by atoms with Crippen LogP contribution in [0.2, 0.25) is 0 Å². The van der Waals surface area contributed by atoms with Crippen LogP contribution in [0.4, 0.5) is 0 Å². The molecule has 0 aromatic heterocycles. The fourth-order valence-corrected chi connectivity index (χ4v) is 1.96. The molecule has 1 aromatic carbocycles. The minimum Gasteiger partial charge on any atom is -0.395 e. The maximum atomic E-state index is 9.28. The number of aliphatic hydroxyl groups excluding tert-OH is 1. The fraction of sp³-hybridized carbons (Fsp3) is 0.600. The molecule has 17 heavy (non-hydrogen) atoms. The summed E-state index contributed by atoms with van der Waals surface area (Å²) in [5.74, 6) is 0.451. The lowest BCUT2D eigenvalue weighted by atomic mass is 9.99. The number of hydrogen-bond acceptors (Lipinski definition) is 2. The summed E-state index contributed by atoms with van der Waals surface area (Å²) in [6, 6.07) is 4.65. The Morgan fingerprint density at radius 3 is 2.18 bits per heavy atom. The summed E-state index contributed by atoms with van der Waals surface area (Å²) in [4.78, 5) is 0. The van der Waals surface area contributed by atoms with Crippen molar-refractivity contribution in [3.05, 3.63) is 34.4 Å². The van der Waals surface area contributed by atoms with Gasteiger partial charge in [0.05, 0.1) is 6.61 Å². The van der Waals surface area contributed by atoms with Crippen molar-refractivity contribution in [3.8, 4) is 0 Å². The van der Waals surface area contributed by atoms with Gasteiger partial charge in [0, 0.05) is 12.6 Å². The van der Waals surface area contributed by atoms with Gasteiger partial charge < -0.3 is 10.4 Å². The molecule has 0 radical (unpaired) electrons. The average Bonchev–Trinajstić information content (AvgIpc) is 2.25. The van der Waals surface area contributed by atoms with E-state index in [2.05, 4.69) is 52.1 Å². The van der Waals surface area contributed by atoms with Gasteiger partial charge in [0.15, 0.2) is 0 Å². The first-order chi connectivity index (χ1) is 7.95. The summed E-state index contributed by atoms with van der Waals surface area (Å²) in [5, 5.41) is 12.7. The molecule has 96 valence electrons. The van der Waals surface area contributed by atoms with Gasteiger partial charge in [-0.25, -0.2) is 0 Å². The molecule has 0 aliphatic heterocycles. The number of aliphatic hydroxyl groups is 1. The lowest BCUT2D eigenvalue weighted by molar-refractivity contribution is 0.210. The van der Waals surface area contributed by atoms with Crippen LogP contribution in [-0.2, 0) is 6.54 Å². The third-order valence-electron chi connectivity index (χ3n) is 3.51. The Balaban J connectivity index is 2.72. The molecule has 0 spiro atoms. The second-order valence-electron chi connectivity index (χ2n) is 5.28. The predicted molar refractivity (Wildman–Crippen MR) is 73.2 cm³/mol. The van der Waals surface area contributed by atoms with E-state index >= 15 is 0 Å². The molecule has 0 aliphatic rings. The van der Waals surface area contributed by atoms with Gasteiger partial charge in [0.2, 0.25) is 0 Å². The molecule has 2 nitrogen and oxygen atoms in total. The first kappa shape index (κ1) is 14.2. The Kier molecular flexibility index (Phi) is 5.16. The zero-order valence-electron chi connectivity index (χ0n) is 11.7. The van der Waals surface area contributed by atoms with Crippen molar-refractivity contribution < 1.29 is 5.11 Å². The van der Waals surface area contributed by atoms with E-state index in [0.29, 0.717) is 5.92 Å². The highest BCUT2D eigenvalue weighted by molar-refractivity contribution is 5.36. The smallest absolute Gasteiger partial charge is 0.0587 e. The molecule has 2 heteroatoms. The molecule has 1 aromatic rings. The molecule has 0 fully saturated rings. The minimum atomic E-state index is 0.177. The zero-order chi connectivity index (χ0) is 13.0. The molecule has 0 saturated carbocycles. The third kappa shape index (κ3) is 3.83. The van der Waals surface area contributed by atoms with Crippen LogP contribution in [0.1, 0.15) is 36.1 Å². The van der Waals surface area contributed by atoms with E-state index in [1.807, 2.05) is 0 Å². The van der Waals surface area contributed by atoms with Crippen LogP contribution in [0.25, 0.3) is 0 Å². The van der Waals surface area contributed by atoms with Crippen LogP contribution in [0.15, 0.2) is 12.1 Å². The van der Waals surface area contributed by atoms with E-state index in [9.17, 15) is 5.11 Å². The highest BCUT2D eigenvalue weighted by Crippen LogP contribution is 2.15. The van der Waals surface area contributed by atoms with Gasteiger partial charge in [-0.1, -0.05) is 26.0 Å². The first-order valence-corrected chi connectivity index (χ1v) is 6.36. The van der Waals surface area contributed by atoms with Gasteiger partial charge in [0.25, 0.3) is 0 Å². The van der Waals surface area contributed by atoms with Crippen molar-refractivity contribution in [2.24, 2.45) is 5.92 Å². The summed E-state index contributed by atoms with van der Waals surface area (Å²) < 4.78 is 0. The number of benzene rings is 1. The van der Waals surface area contributed by atoms with E-state index in [1.54, 1.807) is 0 Å². The van der Waals surface area contributed by atoms with Crippen molar-refractivity contribution in [3.63, 3.8) is 0 Å². The van der Waals surface area contributed by atoms with Crippen LogP contribution < -0.4 is 5.32 Å². The second-order valence-corrected chi connectivity index (χ2v) is 5.28. The number of aryl methyl sites for hydroxylation is 3. The van der Waals surface area contributed by atoms with E-state index < -0.39 is 0 Å². The first-order valence-electron chi connectivity index (χ1n) is 6.36. The van der Waals surface area contributed by atoms with Crippen LogP contribution in [0.5, 0.6) is 0 Å². The van der Waals surface area contributed by atoms with Crippen molar-refractivity contribution in [2.75, 3.05) is 6.61 Å². The molecule has 0 saturated heterocycles. The Hall–Kier alpha value is -0.860. The summed E-state index contributed by atoms with van der Waals surface area (Å²) in [6.07, 6.45) is 0. The van der Waals surface area contributed by atoms with Gasteiger partial charge in [-0.2, -0.15) is 0 Å². The minimum absolute atomic E-state index is 0.177. The molecule has 0 heterocycles. The molecule has 0 aliphatic carbocycles. The summed E-state index contributed by atoms with van der Waals surface area (Å²) in [5.41, 5.74) is 5.32. The lowest BCUT2D eigenvalue weighted by Crippen LogP contribution is -2.36. The summed E-state index contributed by atoms with van der Waals surface area (Å²) >= 11 is 0. The number of rotatable bonds is 5. The van der Waals surface area contributed by atoms with Crippen LogP contribution in [0.3, 0.4) is 0 Å². The third-order valence-corrected chi connectivity index (χ3v) is 3.51. The monoisotopic (exact) mass is 235 g/mol. The second kappa shape index (κ2) is 6.18. The Bertz CT molecular complexity index is 371. The molecule has 1 rings (SSSR count). The molecular formula is C15H25NO. The molecule has 0 amide bonds. The maximum absolute atomic E-state index is 9.28.